The average Bonchev–Trinajstić information content (AvgIpc) is 2.85. The molecule has 0 unspecified atom stereocenters. The number of rotatable bonds is 3. The summed E-state index contributed by atoms with van der Waals surface area (Å²) in [6.07, 6.45) is 9.66. The van der Waals surface area contributed by atoms with E-state index in [1.165, 1.54) is 22.4 Å². The topological polar surface area (TPSA) is 8.17 Å². The predicted octanol–water partition coefficient (Wildman–Crippen LogP) is 4.47. The van der Waals surface area contributed by atoms with Gasteiger partial charge in [-0.05, 0) is 62.0 Å². The van der Waals surface area contributed by atoms with E-state index in [1.807, 2.05) is 6.07 Å². The number of benzene rings is 1. The zero-order valence-corrected chi connectivity index (χ0v) is 13.1. The van der Waals surface area contributed by atoms with Gasteiger partial charge in [0.05, 0.1) is 5.69 Å². The second kappa shape index (κ2) is 5.92. The Hall–Kier alpha value is -1.77. The number of nitrogens with zero attached hydrogens (tertiary/aromatic N) is 2. The molecule has 0 amide bonds. The van der Waals surface area contributed by atoms with Crippen LogP contribution in [0.25, 0.3) is 17.8 Å². The van der Waals surface area contributed by atoms with Crippen molar-refractivity contribution in [2.75, 3.05) is 20.6 Å². The molecule has 0 spiro atoms. The molecule has 0 saturated carbocycles. The lowest BCUT2D eigenvalue weighted by Gasteiger charge is -2.12. The maximum absolute atomic E-state index is 6.21. The molecule has 2 nitrogen and oxygen atoms in total. The van der Waals surface area contributed by atoms with Crippen LogP contribution in [0, 0.1) is 0 Å². The van der Waals surface area contributed by atoms with E-state index in [0.29, 0.717) is 0 Å². The molecule has 0 fully saturated rings. The van der Waals surface area contributed by atoms with E-state index >= 15 is 0 Å². The molecular formula is C18H19ClN2. The summed E-state index contributed by atoms with van der Waals surface area (Å²) >= 11 is 6.21. The fourth-order valence-corrected chi connectivity index (χ4v) is 2.81. The van der Waals surface area contributed by atoms with Gasteiger partial charge in [0, 0.05) is 29.5 Å². The quantitative estimate of drug-likeness (QED) is 0.693. The number of aromatic nitrogens is 1. The first-order valence-electron chi connectivity index (χ1n) is 7.15. The van der Waals surface area contributed by atoms with Crippen LogP contribution >= 0.6 is 11.6 Å². The minimum atomic E-state index is 0.778. The lowest BCUT2D eigenvalue weighted by molar-refractivity contribution is 0.417. The van der Waals surface area contributed by atoms with Gasteiger partial charge in [0.15, 0.2) is 0 Å². The molecule has 1 aromatic heterocycles. The van der Waals surface area contributed by atoms with Crippen molar-refractivity contribution in [3.8, 4) is 0 Å². The smallest absolute Gasteiger partial charge is 0.0525 e. The van der Waals surface area contributed by atoms with Gasteiger partial charge in [0.25, 0.3) is 0 Å². The molecule has 1 aliphatic heterocycles. The van der Waals surface area contributed by atoms with Gasteiger partial charge >= 0.3 is 0 Å². The molecular weight excluding hydrogens is 280 g/mol. The van der Waals surface area contributed by atoms with Gasteiger partial charge < -0.3 is 9.47 Å². The molecule has 0 radical (unpaired) electrons. The Morgan fingerprint density at radius 3 is 2.90 bits per heavy atom. The van der Waals surface area contributed by atoms with E-state index in [4.69, 9.17) is 11.6 Å². The molecule has 0 atom stereocenters. The van der Waals surface area contributed by atoms with Crippen molar-refractivity contribution in [2.24, 2.45) is 0 Å². The lowest BCUT2D eigenvalue weighted by Crippen LogP contribution is -2.12. The fourth-order valence-electron chi connectivity index (χ4n) is 2.64. The van der Waals surface area contributed by atoms with Crippen LogP contribution in [-0.2, 0) is 0 Å². The van der Waals surface area contributed by atoms with Crippen molar-refractivity contribution >= 4 is 29.5 Å². The van der Waals surface area contributed by atoms with E-state index < -0.39 is 0 Å². The minimum absolute atomic E-state index is 0.778. The van der Waals surface area contributed by atoms with Gasteiger partial charge in [-0.15, -0.1) is 0 Å². The SMILES string of the molecule is CN(C)CC/C=C1\c2cc(Cl)ccc2C=Cn2cccc21. The zero-order chi connectivity index (χ0) is 14.8. The first kappa shape index (κ1) is 14.2. The van der Waals surface area contributed by atoms with Crippen LogP contribution in [0.3, 0.4) is 0 Å². The number of fused-ring (bicyclic) bond motifs is 2. The molecule has 108 valence electrons. The molecule has 0 bridgehead atoms. The second-order valence-corrected chi connectivity index (χ2v) is 5.99. The van der Waals surface area contributed by atoms with E-state index in [9.17, 15) is 0 Å². The highest BCUT2D eigenvalue weighted by molar-refractivity contribution is 6.30. The molecule has 3 heteroatoms. The molecule has 2 aromatic rings. The van der Waals surface area contributed by atoms with Crippen molar-refractivity contribution in [3.05, 3.63) is 64.4 Å². The summed E-state index contributed by atoms with van der Waals surface area (Å²) in [5.41, 5.74) is 4.88. The summed E-state index contributed by atoms with van der Waals surface area (Å²) in [7, 11) is 4.20. The van der Waals surface area contributed by atoms with E-state index in [2.05, 4.69) is 72.4 Å². The van der Waals surface area contributed by atoms with Crippen LogP contribution in [0.15, 0.2) is 42.6 Å². The molecule has 3 rings (SSSR count). The van der Waals surface area contributed by atoms with Crippen LogP contribution in [0.1, 0.15) is 23.2 Å². The second-order valence-electron chi connectivity index (χ2n) is 5.56. The minimum Gasteiger partial charge on any atom is -0.323 e. The van der Waals surface area contributed by atoms with Crippen LogP contribution < -0.4 is 0 Å². The Balaban J connectivity index is 2.09. The Morgan fingerprint density at radius 1 is 1.24 bits per heavy atom. The van der Waals surface area contributed by atoms with Gasteiger partial charge in [0.1, 0.15) is 0 Å². The third-order valence-electron chi connectivity index (χ3n) is 3.70. The summed E-state index contributed by atoms with van der Waals surface area (Å²) < 4.78 is 2.16. The Bertz CT molecular complexity index is 708. The number of halogens is 1. The van der Waals surface area contributed by atoms with Crippen molar-refractivity contribution in [3.63, 3.8) is 0 Å². The fraction of sp³-hybridized carbons (Fsp3) is 0.222. The lowest BCUT2D eigenvalue weighted by atomic mass is 9.97. The van der Waals surface area contributed by atoms with Crippen LogP contribution in [-0.4, -0.2) is 30.1 Å². The summed E-state index contributed by atoms with van der Waals surface area (Å²) in [5.74, 6) is 0. The molecule has 21 heavy (non-hydrogen) atoms. The van der Waals surface area contributed by atoms with E-state index in [-0.39, 0.29) is 0 Å². The molecule has 0 aliphatic carbocycles. The van der Waals surface area contributed by atoms with Crippen LogP contribution in [0.4, 0.5) is 0 Å². The van der Waals surface area contributed by atoms with Crippen LogP contribution in [0.5, 0.6) is 0 Å². The number of hydrogen-bond donors (Lipinski definition) is 0. The first-order chi connectivity index (χ1) is 10.1. The predicted molar refractivity (Wildman–Crippen MR) is 91.4 cm³/mol. The van der Waals surface area contributed by atoms with Gasteiger partial charge in [-0.25, -0.2) is 0 Å². The third-order valence-corrected chi connectivity index (χ3v) is 3.93. The van der Waals surface area contributed by atoms with Gasteiger partial charge in [-0.2, -0.15) is 0 Å². The first-order valence-corrected chi connectivity index (χ1v) is 7.53. The maximum Gasteiger partial charge on any atom is 0.0525 e. The highest BCUT2D eigenvalue weighted by Gasteiger charge is 2.15. The third kappa shape index (κ3) is 2.97. The highest BCUT2D eigenvalue weighted by Crippen LogP contribution is 2.33. The maximum atomic E-state index is 6.21. The molecule has 0 N–H and O–H groups in total. The largest absolute Gasteiger partial charge is 0.323 e. The molecule has 1 aliphatic rings. The normalized spacial score (nSPS) is 15.1. The van der Waals surface area contributed by atoms with E-state index in [0.717, 1.165) is 18.0 Å². The van der Waals surface area contributed by atoms with Crippen molar-refractivity contribution in [1.29, 1.82) is 0 Å². The molecule has 0 saturated heterocycles. The van der Waals surface area contributed by atoms with E-state index in [1.54, 1.807) is 0 Å². The van der Waals surface area contributed by atoms with Gasteiger partial charge in [0.2, 0.25) is 0 Å². The van der Waals surface area contributed by atoms with Crippen molar-refractivity contribution in [2.45, 2.75) is 6.42 Å². The van der Waals surface area contributed by atoms with Crippen LogP contribution in [0.2, 0.25) is 5.02 Å². The monoisotopic (exact) mass is 298 g/mol. The molecule has 2 heterocycles. The number of hydrogen-bond acceptors (Lipinski definition) is 1. The van der Waals surface area contributed by atoms with Crippen molar-refractivity contribution < 1.29 is 0 Å². The summed E-state index contributed by atoms with van der Waals surface area (Å²) in [4.78, 5) is 2.20. The van der Waals surface area contributed by atoms with Gasteiger partial charge in [-0.3, -0.25) is 0 Å². The standard InChI is InChI=1S/C18H19ClN2/c1-20(2)10-3-5-16-17-13-15(19)8-7-14(17)9-12-21-11-4-6-18(16)21/h4-9,11-13H,3,10H2,1-2H3/b16-5+. The van der Waals surface area contributed by atoms with Crippen molar-refractivity contribution in [1.82, 2.24) is 9.47 Å². The van der Waals surface area contributed by atoms with Gasteiger partial charge in [-0.1, -0.05) is 23.7 Å². The molecule has 1 aromatic carbocycles. The average molecular weight is 299 g/mol. The summed E-state index contributed by atoms with van der Waals surface area (Å²) in [6, 6.07) is 10.3. The Morgan fingerprint density at radius 2 is 2.10 bits per heavy atom. The zero-order valence-electron chi connectivity index (χ0n) is 12.4. The highest BCUT2D eigenvalue weighted by atomic mass is 35.5. The summed E-state index contributed by atoms with van der Waals surface area (Å²) in [6.45, 7) is 1.04. The summed E-state index contributed by atoms with van der Waals surface area (Å²) in [5, 5.41) is 0.778. The Labute approximate surface area is 131 Å². The Kier molecular flexibility index (Phi) is 4.00.